The van der Waals surface area contributed by atoms with Gasteiger partial charge < -0.3 is 14.9 Å². The van der Waals surface area contributed by atoms with Crippen LogP contribution in [-0.2, 0) is 14.8 Å². The van der Waals surface area contributed by atoms with Gasteiger partial charge in [0.15, 0.2) is 0 Å². The number of nitrogens with zero attached hydrogens (tertiary/aromatic N) is 2. The molecule has 3 atom stereocenters. The number of aromatic amines is 2. The molecule has 0 unspecified atom stereocenters. The molecule has 2 aromatic rings. The molecule has 0 bridgehead atoms. The van der Waals surface area contributed by atoms with E-state index < -0.39 is 10.0 Å². The number of sulfonamides is 1. The van der Waals surface area contributed by atoms with E-state index in [0.717, 1.165) is 6.42 Å². The van der Waals surface area contributed by atoms with E-state index in [0.29, 0.717) is 36.3 Å². The number of carbonyl (C=O) groups is 1. The Balaban J connectivity index is 1.59. The van der Waals surface area contributed by atoms with E-state index in [-0.39, 0.29) is 28.5 Å². The minimum Gasteiger partial charge on any atom is -0.345 e. The molecule has 1 aliphatic carbocycles. The van der Waals surface area contributed by atoms with E-state index in [1.54, 1.807) is 25.1 Å². The molecular formula is C17H22N4O4S. The Morgan fingerprint density at radius 1 is 1.12 bits per heavy atom. The van der Waals surface area contributed by atoms with Gasteiger partial charge >= 0.3 is 5.69 Å². The Morgan fingerprint density at radius 2 is 1.81 bits per heavy atom. The predicted octanol–water partition coefficient (Wildman–Crippen LogP) is 0.734. The fourth-order valence-electron chi connectivity index (χ4n) is 4.32. The number of aromatic nitrogens is 2. The molecule has 9 heteroatoms. The quantitative estimate of drug-likeness (QED) is 0.821. The van der Waals surface area contributed by atoms with Crippen LogP contribution in [0.4, 0.5) is 0 Å². The highest BCUT2D eigenvalue weighted by Gasteiger charge is 2.43. The van der Waals surface area contributed by atoms with Crippen LogP contribution in [0.2, 0.25) is 0 Å². The number of amides is 1. The fraction of sp³-hybridized carbons (Fsp3) is 0.529. The third-order valence-corrected chi connectivity index (χ3v) is 7.77. The number of hydrogen-bond donors (Lipinski definition) is 2. The summed E-state index contributed by atoms with van der Waals surface area (Å²) in [7, 11) is -0.267. The van der Waals surface area contributed by atoms with Gasteiger partial charge in [0.25, 0.3) is 0 Å². The molecule has 26 heavy (non-hydrogen) atoms. The highest BCUT2D eigenvalue weighted by Crippen LogP contribution is 2.41. The van der Waals surface area contributed by atoms with Crippen molar-refractivity contribution in [2.24, 2.45) is 11.8 Å². The molecular weight excluding hydrogens is 356 g/mol. The van der Waals surface area contributed by atoms with Gasteiger partial charge in [-0.2, -0.15) is 4.31 Å². The van der Waals surface area contributed by atoms with Crippen molar-refractivity contribution in [3.63, 3.8) is 0 Å². The molecule has 8 nitrogen and oxygen atoms in total. The molecule has 2 fully saturated rings. The standard InChI is InChI=1S/C17H22N4O4S/c1-20-9-11-6-12(5-10(11)7-16(20)22)21(2)26(24,25)13-3-4-14-15(8-13)19-17(23)18-14/h3-4,8,10-12H,5-7,9H2,1-2H3,(H2,18,19,23)/t10-,11+,12-/m0/s1. The number of fused-ring (bicyclic) bond motifs is 2. The maximum atomic E-state index is 13.1. The average molecular weight is 378 g/mol. The SMILES string of the molecule is CN1C[C@H]2C[C@@H](N(C)S(=O)(=O)c3ccc4[nH]c(=O)[nH]c4c3)C[C@H]2CC1=O. The summed E-state index contributed by atoms with van der Waals surface area (Å²) in [5, 5.41) is 0. The first kappa shape index (κ1) is 17.3. The van der Waals surface area contributed by atoms with Crippen LogP contribution in [0.1, 0.15) is 19.3 Å². The number of likely N-dealkylation sites (tertiary alicyclic amines) is 1. The zero-order chi connectivity index (χ0) is 18.6. The third kappa shape index (κ3) is 2.75. The van der Waals surface area contributed by atoms with Crippen LogP contribution < -0.4 is 5.69 Å². The summed E-state index contributed by atoms with van der Waals surface area (Å²) in [5.41, 5.74) is 0.679. The molecule has 2 aliphatic rings. The topological polar surface area (TPSA) is 106 Å². The lowest BCUT2D eigenvalue weighted by Gasteiger charge is -2.31. The van der Waals surface area contributed by atoms with E-state index in [1.807, 2.05) is 0 Å². The van der Waals surface area contributed by atoms with E-state index in [9.17, 15) is 18.0 Å². The molecule has 4 rings (SSSR count). The minimum atomic E-state index is -3.68. The van der Waals surface area contributed by atoms with Crippen LogP contribution in [0, 0.1) is 11.8 Å². The number of imidazole rings is 1. The van der Waals surface area contributed by atoms with Gasteiger partial charge in [-0.15, -0.1) is 0 Å². The zero-order valence-corrected chi connectivity index (χ0v) is 15.5. The second-order valence-electron chi connectivity index (χ2n) is 7.43. The highest BCUT2D eigenvalue weighted by atomic mass is 32.2. The summed E-state index contributed by atoms with van der Waals surface area (Å²) < 4.78 is 27.5. The van der Waals surface area contributed by atoms with Crippen LogP contribution in [-0.4, -0.2) is 60.2 Å². The number of carbonyl (C=O) groups excluding carboxylic acids is 1. The van der Waals surface area contributed by atoms with Crippen molar-refractivity contribution in [1.82, 2.24) is 19.2 Å². The maximum Gasteiger partial charge on any atom is 0.323 e. The average Bonchev–Trinajstić information content (AvgIpc) is 3.15. The van der Waals surface area contributed by atoms with Crippen LogP contribution in [0.25, 0.3) is 11.0 Å². The number of benzene rings is 1. The van der Waals surface area contributed by atoms with Crippen LogP contribution in [0.5, 0.6) is 0 Å². The van der Waals surface area contributed by atoms with Crippen molar-refractivity contribution in [3.8, 4) is 0 Å². The second kappa shape index (κ2) is 5.95. The Morgan fingerprint density at radius 3 is 2.58 bits per heavy atom. The van der Waals surface area contributed by atoms with Crippen LogP contribution in [0.3, 0.4) is 0 Å². The summed E-state index contributed by atoms with van der Waals surface area (Å²) in [6.07, 6.45) is 1.98. The number of hydrogen-bond acceptors (Lipinski definition) is 4. The molecule has 140 valence electrons. The lowest BCUT2D eigenvalue weighted by Crippen LogP contribution is -2.39. The molecule has 2 heterocycles. The summed E-state index contributed by atoms with van der Waals surface area (Å²) >= 11 is 0. The molecule has 1 aromatic carbocycles. The summed E-state index contributed by atoms with van der Waals surface area (Å²) in [4.78, 5) is 30.4. The molecule has 0 radical (unpaired) electrons. The van der Waals surface area contributed by atoms with Crippen LogP contribution in [0.15, 0.2) is 27.9 Å². The van der Waals surface area contributed by atoms with Crippen molar-refractivity contribution >= 4 is 27.0 Å². The first-order valence-corrected chi connectivity index (χ1v) is 10.1. The molecule has 1 saturated heterocycles. The summed E-state index contributed by atoms with van der Waals surface area (Å²) in [6, 6.07) is 4.47. The highest BCUT2D eigenvalue weighted by molar-refractivity contribution is 7.89. The van der Waals surface area contributed by atoms with E-state index >= 15 is 0 Å². The Kier molecular flexibility index (Phi) is 3.96. The summed E-state index contributed by atoms with van der Waals surface area (Å²) in [5.74, 6) is 0.744. The van der Waals surface area contributed by atoms with E-state index in [1.165, 1.54) is 16.4 Å². The first-order chi connectivity index (χ1) is 12.3. The third-order valence-electron chi connectivity index (χ3n) is 5.87. The molecule has 1 saturated carbocycles. The van der Waals surface area contributed by atoms with Gasteiger partial charge in [0, 0.05) is 33.1 Å². The summed E-state index contributed by atoms with van der Waals surface area (Å²) in [6.45, 7) is 0.699. The van der Waals surface area contributed by atoms with Crippen molar-refractivity contribution in [3.05, 3.63) is 28.7 Å². The van der Waals surface area contributed by atoms with Gasteiger partial charge in [0.05, 0.1) is 15.9 Å². The number of H-pyrrole nitrogens is 2. The number of piperidine rings is 1. The van der Waals surface area contributed by atoms with Crippen LogP contribution >= 0.6 is 0 Å². The first-order valence-electron chi connectivity index (χ1n) is 8.70. The Bertz CT molecular complexity index is 1020. The Labute approximate surface area is 151 Å². The lowest BCUT2D eigenvalue weighted by atomic mass is 9.88. The predicted molar refractivity (Wildman–Crippen MR) is 96.1 cm³/mol. The van der Waals surface area contributed by atoms with Gasteiger partial charge in [0.2, 0.25) is 15.9 Å². The molecule has 2 N–H and O–H groups in total. The van der Waals surface area contributed by atoms with Crippen molar-refractivity contribution in [2.45, 2.75) is 30.2 Å². The van der Waals surface area contributed by atoms with Crippen molar-refractivity contribution < 1.29 is 13.2 Å². The number of nitrogens with one attached hydrogen (secondary N) is 2. The number of rotatable bonds is 3. The van der Waals surface area contributed by atoms with Crippen molar-refractivity contribution in [1.29, 1.82) is 0 Å². The molecule has 1 aromatic heterocycles. The largest absolute Gasteiger partial charge is 0.345 e. The van der Waals surface area contributed by atoms with Gasteiger partial charge in [-0.3, -0.25) is 4.79 Å². The van der Waals surface area contributed by atoms with Gasteiger partial charge in [0.1, 0.15) is 0 Å². The molecule has 0 spiro atoms. The molecule has 1 amide bonds. The normalized spacial score (nSPS) is 26.7. The second-order valence-corrected chi connectivity index (χ2v) is 9.43. The van der Waals surface area contributed by atoms with E-state index in [4.69, 9.17) is 0 Å². The van der Waals surface area contributed by atoms with Gasteiger partial charge in [-0.1, -0.05) is 0 Å². The zero-order valence-electron chi connectivity index (χ0n) is 14.7. The van der Waals surface area contributed by atoms with E-state index in [2.05, 4.69) is 9.97 Å². The van der Waals surface area contributed by atoms with Gasteiger partial charge in [-0.05, 0) is 42.9 Å². The fourth-order valence-corrected chi connectivity index (χ4v) is 5.72. The smallest absolute Gasteiger partial charge is 0.323 e. The lowest BCUT2D eigenvalue weighted by molar-refractivity contribution is -0.134. The molecule has 1 aliphatic heterocycles. The van der Waals surface area contributed by atoms with Gasteiger partial charge in [-0.25, -0.2) is 13.2 Å². The monoisotopic (exact) mass is 378 g/mol. The Hall–Kier alpha value is -2.13. The maximum absolute atomic E-state index is 13.1. The minimum absolute atomic E-state index is 0.115. The van der Waals surface area contributed by atoms with Crippen molar-refractivity contribution in [2.75, 3.05) is 20.6 Å².